The van der Waals surface area contributed by atoms with Gasteiger partial charge in [0.25, 0.3) is 0 Å². The Kier molecular flexibility index (Phi) is 6.94. The molecule has 1 unspecified atom stereocenters. The molecule has 0 aliphatic heterocycles. The third kappa shape index (κ3) is 4.77. The fraction of sp³-hybridized carbons (Fsp3) is 0.786. The zero-order chi connectivity index (χ0) is 13.4. The molecule has 0 radical (unpaired) electrons. The highest BCUT2D eigenvalue weighted by Crippen LogP contribution is 2.22. The lowest BCUT2D eigenvalue weighted by molar-refractivity contribution is 0.149. The highest BCUT2D eigenvalue weighted by atomic mass is 19.1. The Bertz CT molecular complexity index is 319. The minimum atomic E-state index is -0.729. The highest BCUT2D eigenvalue weighted by molar-refractivity contribution is 5.07. The molecule has 3 nitrogen and oxygen atoms in total. The average molecular weight is 256 g/mol. The second-order valence-corrected chi connectivity index (χ2v) is 4.93. The number of rotatable bonds is 9. The molecule has 0 fully saturated rings. The maximum absolute atomic E-state index is 13.3. The van der Waals surface area contributed by atoms with Gasteiger partial charge in [-0.15, -0.1) is 0 Å². The molecular weight excluding hydrogens is 231 g/mol. The van der Waals surface area contributed by atoms with E-state index in [2.05, 4.69) is 12.0 Å². The van der Waals surface area contributed by atoms with Gasteiger partial charge in [-0.05, 0) is 6.42 Å². The van der Waals surface area contributed by atoms with Crippen LogP contribution in [0, 0.1) is 5.82 Å². The summed E-state index contributed by atoms with van der Waals surface area (Å²) in [7, 11) is 1.66. The summed E-state index contributed by atoms with van der Waals surface area (Å²) in [4.78, 5) is 0. The molecule has 18 heavy (non-hydrogen) atoms. The molecule has 0 aliphatic rings. The molecule has 4 heteroatoms. The highest BCUT2D eigenvalue weighted by Gasteiger charge is 2.16. The smallest absolute Gasteiger partial charge is 0.166 e. The second-order valence-electron chi connectivity index (χ2n) is 4.93. The number of aromatic nitrogens is 2. The second kappa shape index (κ2) is 8.25. The van der Waals surface area contributed by atoms with Crippen LogP contribution in [0.4, 0.5) is 4.39 Å². The van der Waals surface area contributed by atoms with E-state index in [0.29, 0.717) is 12.1 Å². The predicted molar refractivity (Wildman–Crippen MR) is 70.7 cm³/mol. The van der Waals surface area contributed by atoms with Crippen LogP contribution in [0.5, 0.6) is 0 Å². The third-order valence-corrected chi connectivity index (χ3v) is 3.33. The van der Waals surface area contributed by atoms with E-state index in [-0.39, 0.29) is 0 Å². The SMILES string of the molecule is CCCCCCCCCC(O)c1c(F)cnn1C. The molecule has 104 valence electrons. The van der Waals surface area contributed by atoms with Gasteiger partial charge in [0.1, 0.15) is 5.69 Å². The van der Waals surface area contributed by atoms with Gasteiger partial charge in [0.2, 0.25) is 0 Å². The summed E-state index contributed by atoms with van der Waals surface area (Å²) in [6.07, 6.45) is 9.45. The Morgan fingerprint density at radius 3 is 2.39 bits per heavy atom. The van der Waals surface area contributed by atoms with Crippen molar-refractivity contribution in [2.24, 2.45) is 7.05 Å². The molecule has 1 aromatic rings. The standard InChI is InChI=1S/C14H25FN2O/c1-3-4-5-6-7-8-9-10-13(18)14-12(15)11-16-17(14)2/h11,13,18H,3-10H2,1-2H3. The molecule has 1 rings (SSSR count). The Morgan fingerprint density at radius 1 is 1.22 bits per heavy atom. The van der Waals surface area contributed by atoms with E-state index in [1.807, 2.05) is 0 Å². The van der Waals surface area contributed by atoms with E-state index in [1.54, 1.807) is 7.05 Å². The number of unbranched alkanes of at least 4 members (excludes halogenated alkanes) is 6. The minimum absolute atomic E-state index is 0.306. The molecule has 1 aromatic heterocycles. The van der Waals surface area contributed by atoms with E-state index in [0.717, 1.165) is 19.0 Å². The van der Waals surface area contributed by atoms with Crippen molar-refractivity contribution in [2.75, 3.05) is 0 Å². The van der Waals surface area contributed by atoms with Crippen molar-refractivity contribution in [1.82, 2.24) is 9.78 Å². The molecule has 0 saturated heterocycles. The van der Waals surface area contributed by atoms with Crippen LogP contribution in [0.15, 0.2) is 6.20 Å². The number of aliphatic hydroxyl groups is 1. The first-order valence-corrected chi connectivity index (χ1v) is 7.02. The van der Waals surface area contributed by atoms with Crippen LogP contribution in [0.1, 0.15) is 70.1 Å². The van der Waals surface area contributed by atoms with Crippen molar-refractivity contribution < 1.29 is 9.50 Å². The summed E-state index contributed by atoms with van der Waals surface area (Å²) in [5, 5.41) is 13.7. The fourth-order valence-corrected chi connectivity index (χ4v) is 2.23. The molecule has 1 atom stereocenters. The van der Waals surface area contributed by atoms with E-state index in [4.69, 9.17) is 0 Å². The summed E-state index contributed by atoms with van der Waals surface area (Å²) in [5.41, 5.74) is 0.306. The van der Waals surface area contributed by atoms with Gasteiger partial charge < -0.3 is 5.11 Å². The van der Waals surface area contributed by atoms with Crippen LogP contribution in [0.25, 0.3) is 0 Å². The molecule has 0 spiro atoms. The van der Waals surface area contributed by atoms with Gasteiger partial charge in [-0.2, -0.15) is 5.10 Å². The maximum atomic E-state index is 13.3. The lowest BCUT2D eigenvalue weighted by Gasteiger charge is -2.11. The fourth-order valence-electron chi connectivity index (χ4n) is 2.23. The average Bonchev–Trinajstić information content (AvgIpc) is 2.68. The quantitative estimate of drug-likeness (QED) is 0.684. The van der Waals surface area contributed by atoms with Gasteiger partial charge in [-0.1, -0.05) is 51.9 Å². The van der Waals surface area contributed by atoms with Crippen molar-refractivity contribution in [3.8, 4) is 0 Å². The largest absolute Gasteiger partial charge is 0.387 e. The monoisotopic (exact) mass is 256 g/mol. The molecule has 0 aromatic carbocycles. The summed E-state index contributed by atoms with van der Waals surface area (Å²) in [6, 6.07) is 0. The van der Waals surface area contributed by atoms with Crippen molar-refractivity contribution in [3.63, 3.8) is 0 Å². The summed E-state index contributed by atoms with van der Waals surface area (Å²) >= 11 is 0. The number of aliphatic hydroxyl groups excluding tert-OH is 1. The minimum Gasteiger partial charge on any atom is -0.387 e. The van der Waals surface area contributed by atoms with E-state index in [1.165, 1.54) is 36.8 Å². The Hall–Kier alpha value is -0.900. The molecular formula is C14H25FN2O. The van der Waals surface area contributed by atoms with E-state index in [9.17, 15) is 9.50 Å². The van der Waals surface area contributed by atoms with Crippen LogP contribution in [-0.2, 0) is 7.05 Å². The summed E-state index contributed by atoms with van der Waals surface area (Å²) in [6.45, 7) is 2.21. The van der Waals surface area contributed by atoms with Crippen molar-refractivity contribution in [3.05, 3.63) is 17.7 Å². The Morgan fingerprint density at radius 2 is 1.83 bits per heavy atom. The number of hydrogen-bond donors (Lipinski definition) is 1. The molecule has 0 saturated carbocycles. The first-order valence-electron chi connectivity index (χ1n) is 7.02. The van der Waals surface area contributed by atoms with Crippen molar-refractivity contribution in [1.29, 1.82) is 0 Å². The summed E-state index contributed by atoms with van der Waals surface area (Å²) in [5.74, 6) is -0.409. The molecule has 0 bridgehead atoms. The summed E-state index contributed by atoms with van der Waals surface area (Å²) < 4.78 is 14.8. The zero-order valence-corrected chi connectivity index (χ0v) is 11.5. The van der Waals surface area contributed by atoms with Crippen LogP contribution in [-0.4, -0.2) is 14.9 Å². The maximum Gasteiger partial charge on any atom is 0.166 e. The normalized spacial score (nSPS) is 12.9. The topological polar surface area (TPSA) is 38.1 Å². The number of aryl methyl sites for hydroxylation is 1. The molecule has 0 aliphatic carbocycles. The van der Waals surface area contributed by atoms with Gasteiger partial charge in [-0.3, -0.25) is 4.68 Å². The van der Waals surface area contributed by atoms with Crippen molar-refractivity contribution >= 4 is 0 Å². The third-order valence-electron chi connectivity index (χ3n) is 3.33. The molecule has 0 amide bonds. The van der Waals surface area contributed by atoms with Crippen LogP contribution in [0.3, 0.4) is 0 Å². The van der Waals surface area contributed by atoms with Crippen molar-refractivity contribution in [2.45, 2.75) is 64.4 Å². The first kappa shape index (κ1) is 15.2. The van der Waals surface area contributed by atoms with Crippen LogP contribution < -0.4 is 0 Å². The predicted octanol–water partition coefficient (Wildman–Crippen LogP) is 3.73. The van der Waals surface area contributed by atoms with Gasteiger partial charge in [-0.25, -0.2) is 4.39 Å². The van der Waals surface area contributed by atoms with Gasteiger partial charge in [0.05, 0.1) is 12.3 Å². The van der Waals surface area contributed by atoms with Gasteiger partial charge >= 0.3 is 0 Å². The number of nitrogens with zero attached hydrogens (tertiary/aromatic N) is 2. The van der Waals surface area contributed by atoms with Gasteiger partial charge in [0, 0.05) is 7.05 Å². The van der Waals surface area contributed by atoms with E-state index >= 15 is 0 Å². The molecule has 1 N–H and O–H groups in total. The van der Waals surface area contributed by atoms with Gasteiger partial charge in [0.15, 0.2) is 5.82 Å². The lowest BCUT2D eigenvalue weighted by Crippen LogP contribution is -2.07. The number of halogens is 1. The lowest BCUT2D eigenvalue weighted by atomic mass is 10.0. The Labute approximate surface area is 109 Å². The first-order chi connectivity index (χ1) is 8.66. The number of hydrogen-bond acceptors (Lipinski definition) is 2. The Balaban J connectivity index is 2.16. The molecule has 1 heterocycles. The zero-order valence-electron chi connectivity index (χ0n) is 11.5. The van der Waals surface area contributed by atoms with E-state index < -0.39 is 11.9 Å². The van der Waals surface area contributed by atoms with Crippen LogP contribution >= 0.6 is 0 Å². The van der Waals surface area contributed by atoms with Crippen LogP contribution in [0.2, 0.25) is 0 Å².